The van der Waals surface area contributed by atoms with Gasteiger partial charge in [-0.05, 0) is 56.0 Å². The molecule has 126 valence electrons. The van der Waals surface area contributed by atoms with Crippen molar-refractivity contribution in [3.8, 4) is 5.75 Å². The van der Waals surface area contributed by atoms with Gasteiger partial charge >= 0.3 is 6.61 Å². The van der Waals surface area contributed by atoms with Gasteiger partial charge < -0.3 is 15.0 Å². The summed E-state index contributed by atoms with van der Waals surface area (Å²) >= 11 is 5.92. The summed E-state index contributed by atoms with van der Waals surface area (Å²) in [6.45, 7) is 0.259. The van der Waals surface area contributed by atoms with E-state index in [2.05, 4.69) is 10.1 Å². The molecule has 0 aromatic heterocycles. The maximum absolute atomic E-state index is 12.8. The molecule has 0 saturated carbocycles. The first kappa shape index (κ1) is 16.5. The number of halogens is 3. The molecule has 0 bridgehead atoms. The number of likely N-dealkylation sites (tertiary alicyclic amines) is 1. The average Bonchev–Trinajstić information content (AvgIpc) is 2.87. The minimum Gasteiger partial charge on any atom is -0.434 e. The molecule has 2 aliphatic heterocycles. The molecule has 1 aromatic carbocycles. The highest BCUT2D eigenvalue weighted by molar-refractivity contribution is 6.31. The van der Waals surface area contributed by atoms with E-state index in [1.54, 1.807) is 4.90 Å². The van der Waals surface area contributed by atoms with Crippen molar-refractivity contribution < 1.29 is 18.3 Å². The molecule has 4 nitrogen and oxygen atoms in total. The SMILES string of the molecule is O=C(c1cc(Cl)ccc1OC(F)F)N1CC[C@@H]2CNC[C@@H]2CC1. The van der Waals surface area contributed by atoms with E-state index in [1.807, 2.05) is 0 Å². The van der Waals surface area contributed by atoms with Gasteiger partial charge in [0, 0.05) is 18.1 Å². The summed E-state index contributed by atoms with van der Waals surface area (Å²) in [5, 5.41) is 3.71. The zero-order valence-corrected chi connectivity index (χ0v) is 13.4. The molecule has 1 N–H and O–H groups in total. The molecule has 2 atom stereocenters. The van der Waals surface area contributed by atoms with Crippen LogP contribution in [0.5, 0.6) is 5.75 Å². The van der Waals surface area contributed by atoms with Crippen LogP contribution >= 0.6 is 11.6 Å². The number of carbonyl (C=O) groups is 1. The predicted molar refractivity (Wildman–Crippen MR) is 83.1 cm³/mol. The molecule has 2 heterocycles. The molecular formula is C16H19ClF2N2O2. The molecule has 2 fully saturated rings. The Balaban J connectivity index is 1.78. The van der Waals surface area contributed by atoms with E-state index < -0.39 is 6.61 Å². The van der Waals surface area contributed by atoms with Gasteiger partial charge in [-0.2, -0.15) is 8.78 Å². The van der Waals surface area contributed by atoms with Crippen LogP contribution in [0.25, 0.3) is 0 Å². The van der Waals surface area contributed by atoms with Crippen molar-refractivity contribution in [1.82, 2.24) is 10.2 Å². The van der Waals surface area contributed by atoms with Gasteiger partial charge in [0.1, 0.15) is 5.75 Å². The summed E-state index contributed by atoms with van der Waals surface area (Å²) in [6.07, 6.45) is 1.85. The third kappa shape index (κ3) is 3.75. The lowest BCUT2D eigenvalue weighted by Crippen LogP contribution is -2.33. The monoisotopic (exact) mass is 344 g/mol. The first-order valence-electron chi connectivity index (χ1n) is 7.79. The molecule has 1 aromatic rings. The smallest absolute Gasteiger partial charge is 0.387 e. The maximum atomic E-state index is 12.8. The highest BCUT2D eigenvalue weighted by Gasteiger charge is 2.32. The van der Waals surface area contributed by atoms with Crippen LogP contribution in [0.4, 0.5) is 8.78 Å². The normalized spacial score (nSPS) is 24.4. The number of nitrogens with one attached hydrogen (secondary N) is 1. The fourth-order valence-electron chi connectivity index (χ4n) is 3.46. The van der Waals surface area contributed by atoms with Crippen LogP contribution in [0.1, 0.15) is 23.2 Å². The third-order valence-corrected chi connectivity index (χ3v) is 4.93. The van der Waals surface area contributed by atoms with Crippen LogP contribution < -0.4 is 10.1 Å². The minimum absolute atomic E-state index is 0.1000. The van der Waals surface area contributed by atoms with Crippen LogP contribution in [0.3, 0.4) is 0 Å². The number of alkyl halides is 2. The number of hydrogen-bond acceptors (Lipinski definition) is 3. The molecule has 2 aliphatic rings. The van der Waals surface area contributed by atoms with Crippen LogP contribution in [-0.4, -0.2) is 43.6 Å². The van der Waals surface area contributed by atoms with Crippen molar-refractivity contribution in [1.29, 1.82) is 0 Å². The third-order valence-electron chi connectivity index (χ3n) is 4.69. The van der Waals surface area contributed by atoms with Gasteiger partial charge in [0.05, 0.1) is 5.56 Å². The lowest BCUT2D eigenvalue weighted by atomic mass is 9.92. The molecule has 0 unspecified atom stereocenters. The number of amides is 1. The Bertz CT molecular complexity index is 571. The second-order valence-corrected chi connectivity index (χ2v) is 6.50. The van der Waals surface area contributed by atoms with E-state index in [1.165, 1.54) is 18.2 Å². The summed E-state index contributed by atoms with van der Waals surface area (Å²) in [7, 11) is 0. The second kappa shape index (κ2) is 7.01. The van der Waals surface area contributed by atoms with Gasteiger partial charge in [-0.1, -0.05) is 11.6 Å². The van der Waals surface area contributed by atoms with E-state index in [0.717, 1.165) is 25.9 Å². The number of fused-ring (bicyclic) bond motifs is 1. The molecule has 2 saturated heterocycles. The quantitative estimate of drug-likeness (QED) is 0.916. The largest absolute Gasteiger partial charge is 0.434 e. The lowest BCUT2D eigenvalue weighted by Gasteiger charge is -2.22. The molecule has 0 spiro atoms. The Morgan fingerprint density at radius 2 is 1.91 bits per heavy atom. The number of hydrogen-bond donors (Lipinski definition) is 1. The molecule has 0 radical (unpaired) electrons. The molecule has 3 rings (SSSR count). The highest BCUT2D eigenvalue weighted by Crippen LogP contribution is 2.30. The van der Waals surface area contributed by atoms with E-state index in [0.29, 0.717) is 29.9 Å². The Kier molecular flexibility index (Phi) is 5.02. The van der Waals surface area contributed by atoms with Crippen molar-refractivity contribution in [3.63, 3.8) is 0 Å². The van der Waals surface area contributed by atoms with Crippen molar-refractivity contribution in [2.45, 2.75) is 19.5 Å². The van der Waals surface area contributed by atoms with Gasteiger partial charge in [-0.15, -0.1) is 0 Å². The van der Waals surface area contributed by atoms with Gasteiger partial charge in [0.2, 0.25) is 0 Å². The Labute approximate surface area is 138 Å². The number of rotatable bonds is 3. The van der Waals surface area contributed by atoms with Gasteiger partial charge in [-0.3, -0.25) is 4.79 Å². The predicted octanol–water partition coefficient (Wildman–Crippen LogP) is 3.01. The lowest BCUT2D eigenvalue weighted by molar-refractivity contribution is -0.0502. The zero-order chi connectivity index (χ0) is 16.4. The standard InChI is InChI=1S/C16H19ClF2N2O2/c17-12-1-2-14(23-16(18)19)13(7-12)15(22)21-5-3-10-8-20-9-11(10)4-6-21/h1-2,7,10-11,16,20H,3-6,8-9H2/t10-,11+. The fraction of sp³-hybridized carbons (Fsp3) is 0.562. The number of ether oxygens (including phenoxy) is 1. The van der Waals surface area contributed by atoms with Gasteiger partial charge in [0.15, 0.2) is 0 Å². The Morgan fingerprint density at radius 3 is 2.52 bits per heavy atom. The van der Waals surface area contributed by atoms with Crippen LogP contribution in [0.2, 0.25) is 5.02 Å². The number of carbonyl (C=O) groups excluding carboxylic acids is 1. The van der Waals surface area contributed by atoms with Crippen LogP contribution in [0, 0.1) is 11.8 Å². The van der Waals surface area contributed by atoms with Gasteiger partial charge in [-0.25, -0.2) is 0 Å². The molecule has 1 amide bonds. The van der Waals surface area contributed by atoms with Crippen molar-refractivity contribution >= 4 is 17.5 Å². The summed E-state index contributed by atoms with van der Waals surface area (Å²) in [5.41, 5.74) is 0.1000. The van der Waals surface area contributed by atoms with Crippen LogP contribution in [0.15, 0.2) is 18.2 Å². The average molecular weight is 345 g/mol. The molecular weight excluding hydrogens is 326 g/mol. The van der Waals surface area contributed by atoms with E-state index in [9.17, 15) is 13.6 Å². The minimum atomic E-state index is -2.97. The first-order chi connectivity index (χ1) is 11.0. The Hall–Kier alpha value is -1.40. The number of benzene rings is 1. The maximum Gasteiger partial charge on any atom is 0.387 e. The van der Waals surface area contributed by atoms with Crippen molar-refractivity contribution in [3.05, 3.63) is 28.8 Å². The van der Waals surface area contributed by atoms with E-state index in [-0.39, 0.29) is 17.2 Å². The summed E-state index contributed by atoms with van der Waals surface area (Å²) < 4.78 is 29.5. The van der Waals surface area contributed by atoms with Crippen LogP contribution in [-0.2, 0) is 0 Å². The summed E-state index contributed by atoms with van der Waals surface area (Å²) in [4.78, 5) is 14.5. The molecule has 23 heavy (non-hydrogen) atoms. The van der Waals surface area contributed by atoms with E-state index >= 15 is 0 Å². The summed E-state index contributed by atoms with van der Waals surface area (Å²) in [6, 6.07) is 4.15. The first-order valence-corrected chi connectivity index (χ1v) is 8.16. The topological polar surface area (TPSA) is 41.6 Å². The number of nitrogens with zero attached hydrogens (tertiary/aromatic N) is 1. The summed E-state index contributed by atoms with van der Waals surface area (Å²) in [5.74, 6) is 0.754. The second-order valence-electron chi connectivity index (χ2n) is 6.07. The highest BCUT2D eigenvalue weighted by atomic mass is 35.5. The molecule has 7 heteroatoms. The molecule has 0 aliphatic carbocycles. The van der Waals surface area contributed by atoms with Gasteiger partial charge in [0.25, 0.3) is 5.91 Å². The Morgan fingerprint density at radius 1 is 1.26 bits per heavy atom. The van der Waals surface area contributed by atoms with E-state index in [4.69, 9.17) is 11.6 Å². The fourth-order valence-corrected chi connectivity index (χ4v) is 3.63. The zero-order valence-electron chi connectivity index (χ0n) is 12.6. The van der Waals surface area contributed by atoms with Crippen molar-refractivity contribution in [2.75, 3.05) is 26.2 Å². The van der Waals surface area contributed by atoms with Crippen molar-refractivity contribution in [2.24, 2.45) is 11.8 Å².